The molecule has 1 saturated carbocycles. The van der Waals surface area contributed by atoms with Crippen molar-refractivity contribution in [3.8, 4) is 0 Å². The van der Waals surface area contributed by atoms with E-state index in [4.69, 9.17) is 9.84 Å². The molecule has 3 nitrogen and oxygen atoms in total. The zero-order chi connectivity index (χ0) is 13.5. The van der Waals surface area contributed by atoms with Gasteiger partial charge < -0.3 is 14.7 Å². The van der Waals surface area contributed by atoms with Gasteiger partial charge in [-0.15, -0.1) is 0 Å². The lowest BCUT2D eigenvalue weighted by Crippen LogP contribution is -2.36. The average Bonchev–Trinajstić information content (AvgIpc) is 2.29. The molecular weight excluding hydrogens is 226 g/mol. The summed E-state index contributed by atoms with van der Waals surface area (Å²) in [4.78, 5) is 2.12. The number of rotatable bonds is 7. The highest BCUT2D eigenvalue weighted by Gasteiger charge is 2.31. The summed E-state index contributed by atoms with van der Waals surface area (Å²) >= 11 is 0. The van der Waals surface area contributed by atoms with Crippen molar-refractivity contribution in [1.82, 2.24) is 4.90 Å². The van der Waals surface area contributed by atoms with E-state index in [9.17, 15) is 0 Å². The van der Waals surface area contributed by atoms with Gasteiger partial charge in [-0.2, -0.15) is 0 Å². The molecule has 0 saturated heterocycles. The highest BCUT2D eigenvalue weighted by molar-refractivity contribution is 4.81. The summed E-state index contributed by atoms with van der Waals surface area (Å²) in [6.45, 7) is 9.63. The quantitative estimate of drug-likeness (QED) is 0.760. The van der Waals surface area contributed by atoms with Crippen LogP contribution in [0.1, 0.15) is 40.0 Å². The molecule has 1 aliphatic carbocycles. The van der Waals surface area contributed by atoms with Gasteiger partial charge in [-0.25, -0.2) is 0 Å². The van der Waals surface area contributed by atoms with Crippen LogP contribution in [0.2, 0.25) is 0 Å². The van der Waals surface area contributed by atoms with Crippen LogP contribution in [0.15, 0.2) is 0 Å². The Morgan fingerprint density at radius 3 is 2.61 bits per heavy atom. The number of likely N-dealkylation sites (N-methyl/N-ethyl adjacent to an activating group) is 1. The summed E-state index contributed by atoms with van der Waals surface area (Å²) in [5.74, 6) is 2.25. The van der Waals surface area contributed by atoms with Gasteiger partial charge in [0, 0.05) is 13.1 Å². The van der Waals surface area contributed by atoms with Gasteiger partial charge in [-0.1, -0.05) is 27.2 Å². The lowest BCUT2D eigenvalue weighted by molar-refractivity contribution is -0.0433. The molecular formula is C15H31NO2. The highest BCUT2D eigenvalue weighted by atomic mass is 16.5. The molecule has 1 fully saturated rings. The van der Waals surface area contributed by atoms with Crippen molar-refractivity contribution < 1.29 is 9.84 Å². The second-order valence-electron chi connectivity index (χ2n) is 6.26. The van der Waals surface area contributed by atoms with Crippen LogP contribution < -0.4 is 0 Å². The van der Waals surface area contributed by atoms with Gasteiger partial charge in [-0.05, 0) is 37.6 Å². The van der Waals surface area contributed by atoms with Crippen molar-refractivity contribution >= 4 is 0 Å². The molecule has 0 aromatic heterocycles. The number of hydrogen-bond donors (Lipinski definition) is 1. The van der Waals surface area contributed by atoms with Gasteiger partial charge in [0.1, 0.15) is 0 Å². The second kappa shape index (κ2) is 8.13. The molecule has 1 aliphatic rings. The minimum atomic E-state index is 0.228. The summed E-state index contributed by atoms with van der Waals surface area (Å²) in [7, 11) is 2.03. The Labute approximate surface area is 113 Å². The second-order valence-corrected chi connectivity index (χ2v) is 6.26. The first-order valence-corrected chi connectivity index (χ1v) is 7.45. The Bertz CT molecular complexity index is 221. The van der Waals surface area contributed by atoms with E-state index in [2.05, 4.69) is 25.7 Å². The maximum absolute atomic E-state index is 8.85. The number of hydrogen-bond acceptors (Lipinski definition) is 3. The first-order chi connectivity index (χ1) is 8.54. The number of aliphatic hydroxyl groups excluding tert-OH is 1. The fourth-order valence-corrected chi connectivity index (χ4v) is 2.95. The van der Waals surface area contributed by atoms with Crippen LogP contribution >= 0.6 is 0 Å². The van der Waals surface area contributed by atoms with E-state index in [1.165, 1.54) is 19.3 Å². The Morgan fingerprint density at radius 2 is 2.00 bits per heavy atom. The third-order valence-electron chi connectivity index (χ3n) is 4.25. The fraction of sp³-hybridized carbons (Fsp3) is 1.00. The van der Waals surface area contributed by atoms with Crippen LogP contribution in [-0.4, -0.2) is 49.5 Å². The van der Waals surface area contributed by atoms with E-state index in [0.717, 1.165) is 37.5 Å². The molecule has 18 heavy (non-hydrogen) atoms. The summed E-state index contributed by atoms with van der Waals surface area (Å²) < 4.78 is 6.12. The van der Waals surface area contributed by atoms with E-state index < -0.39 is 0 Å². The van der Waals surface area contributed by atoms with Crippen LogP contribution in [0.5, 0.6) is 0 Å². The summed E-state index contributed by atoms with van der Waals surface area (Å²) in [6.07, 6.45) is 4.33. The van der Waals surface area contributed by atoms with Crippen LogP contribution in [0.4, 0.5) is 0 Å². The molecule has 0 unspecified atom stereocenters. The van der Waals surface area contributed by atoms with E-state index in [-0.39, 0.29) is 6.61 Å². The molecule has 0 aromatic rings. The molecule has 0 spiro atoms. The fourth-order valence-electron chi connectivity index (χ4n) is 2.95. The van der Waals surface area contributed by atoms with E-state index in [1.807, 2.05) is 7.05 Å². The molecule has 0 amide bonds. The smallest absolute Gasteiger partial charge is 0.0608 e. The van der Waals surface area contributed by atoms with Gasteiger partial charge in [-0.3, -0.25) is 0 Å². The lowest BCUT2D eigenvalue weighted by Gasteiger charge is -2.37. The van der Waals surface area contributed by atoms with Crippen molar-refractivity contribution in [2.45, 2.75) is 46.1 Å². The lowest BCUT2D eigenvalue weighted by atomic mass is 9.75. The standard InChI is InChI=1S/C15H31NO2/c1-12(2)14-6-5-13(3)11-15(14)18-10-8-16(4)7-9-17/h12-15,17H,5-11H2,1-4H3/t13-,14+,15-/m1/s1. The van der Waals surface area contributed by atoms with Crippen molar-refractivity contribution in [2.24, 2.45) is 17.8 Å². The van der Waals surface area contributed by atoms with Crippen molar-refractivity contribution in [2.75, 3.05) is 33.4 Å². The average molecular weight is 257 g/mol. The Balaban J connectivity index is 2.32. The SMILES string of the molecule is CC(C)[C@@H]1CC[C@@H](C)C[C@H]1OCCN(C)CCO. The minimum absolute atomic E-state index is 0.228. The van der Waals surface area contributed by atoms with Crippen molar-refractivity contribution in [3.63, 3.8) is 0 Å². The van der Waals surface area contributed by atoms with E-state index in [1.54, 1.807) is 0 Å². The Morgan fingerprint density at radius 1 is 1.28 bits per heavy atom. The Kier molecular flexibility index (Phi) is 7.20. The van der Waals surface area contributed by atoms with Crippen molar-refractivity contribution in [3.05, 3.63) is 0 Å². The van der Waals surface area contributed by atoms with Gasteiger partial charge in [0.15, 0.2) is 0 Å². The summed E-state index contributed by atoms with van der Waals surface area (Å²) in [5, 5.41) is 8.85. The monoisotopic (exact) mass is 257 g/mol. The minimum Gasteiger partial charge on any atom is -0.395 e. The number of ether oxygens (including phenoxy) is 1. The molecule has 1 N–H and O–H groups in total. The molecule has 0 bridgehead atoms. The molecule has 108 valence electrons. The van der Waals surface area contributed by atoms with Gasteiger partial charge in [0.05, 0.1) is 19.3 Å². The highest BCUT2D eigenvalue weighted by Crippen LogP contribution is 2.35. The largest absolute Gasteiger partial charge is 0.395 e. The summed E-state index contributed by atoms with van der Waals surface area (Å²) in [5.41, 5.74) is 0. The maximum atomic E-state index is 8.85. The topological polar surface area (TPSA) is 32.7 Å². The zero-order valence-electron chi connectivity index (χ0n) is 12.6. The molecule has 0 aliphatic heterocycles. The van der Waals surface area contributed by atoms with Gasteiger partial charge in [0.2, 0.25) is 0 Å². The van der Waals surface area contributed by atoms with Gasteiger partial charge >= 0.3 is 0 Å². The third kappa shape index (κ3) is 5.25. The van der Waals surface area contributed by atoms with Gasteiger partial charge in [0.25, 0.3) is 0 Å². The number of nitrogens with zero attached hydrogens (tertiary/aromatic N) is 1. The van der Waals surface area contributed by atoms with Crippen LogP contribution in [0, 0.1) is 17.8 Å². The number of aliphatic hydroxyl groups is 1. The van der Waals surface area contributed by atoms with Crippen LogP contribution in [0.3, 0.4) is 0 Å². The normalized spacial score (nSPS) is 29.2. The first-order valence-electron chi connectivity index (χ1n) is 7.45. The molecule has 0 heterocycles. The van der Waals surface area contributed by atoms with Crippen LogP contribution in [-0.2, 0) is 4.74 Å². The predicted octanol–water partition coefficient (Wildman–Crippen LogP) is 2.39. The Hall–Kier alpha value is -0.120. The predicted molar refractivity (Wildman–Crippen MR) is 75.7 cm³/mol. The summed E-state index contributed by atoms with van der Waals surface area (Å²) in [6, 6.07) is 0. The molecule has 0 aromatic carbocycles. The van der Waals surface area contributed by atoms with E-state index in [0.29, 0.717) is 6.10 Å². The molecule has 1 rings (SSSR count). The first kappa shape index (κ1) is 15.9. The zero-order valence-corrected chi connectivity index (χ0v) is 12.6. The molecule has 0 radical (unpaired) electrons. The van der Waals surface area contributed by atoms with Crippen LogP contribution in [0.25, 0.3) is 0 Å². The molecule has 3 atom stereocenters. The maximum Gasteiger partial charge on any atom is 0.0608 e. The third-order valence-corrected chi connectivity index (χ3v) is 4.25. The van der Waals surface area contributed by atoms with E-state index >= 15 is 0 Å². The molecule has 3 heteroatoms. The van der Waals surface area contributed by atoms with Crippen molar-refractivity contribution in [1.29, 1.82) is 0 Å².